The number of ketones is 1. The van der Waals surface area contributed by atoms with Gasteiger partial charge in [0.1, 0.15) is 0 Å². The van der Waals surface area contributed by atoms with Crippen LogP contribution >= 0.6 is 11.6 Å². The van der Waals surface area contributed by atoms with Crippen LogP contribution in [0.15, 0.2) is 64.9 Å². The maximum atomic E-state index is 12.1. The van der Waals surface area contributed by atoms with Crippen molar-refractivity contribution >= 4 is 32.9 Å². The van der Waals surface area contributed by atoms with Crippen molar-refractivity contribution in [2.75, 3.05) is 0 Å². The first-order valence-electron chi connectivity index (χ1n) is 6.27. The second kappa shape index (κ2) is 6.72. The van der Waals surface area contributed by atoms with Crippen LogP contribution < -0.4 is 0 Å². The topological polar surface area (TPSA) is 94.3 Å². The third kappa shape index (κ3) is 4.24. The minimum absolute atomic E-state index is 0.00893. The Hall–Kier alpha value is -2.51. The Bertz CT molecular complexity index is 871. The number of carbonyl (C=O) groups excluding carboxylic acids is 1. The van der Waals surface area contributed by atoms with Crippen LogP contribution in [-0.2, 0) is 9.84 Å². The third-order valence-electron chi connectivity index (χ3n) is 2.90. The first kappa shape index (κ1) is 16.9. The molecule has 2 aromatic carbocycles. The molecule has 0 heterocycles. The highest BCUT2D eigenvalue weighted by Gasteiger charge is 2.12. The number of hydrogen-bond acceptors (Lipinski definition) is 5. The molecule has 0 fully saturated rings. The molecular weight excluding hydrogens is 342 g/mol. The molecule has 0 aliphatic heterocycles. The van der Waals surface area contributed by atoms with Crippen LogP contribution in [0.5, 0.6) is 0 Å². The Morgan fingerprint density at radius 3 is 2.13 bits per heavy atom. The maximum absolute atomic E-state index is 12.1. The molecule has 2 rings (SSSR count). The minimum Gasteiger partial charge on any atom is -0.289 e. The number of allylic oxidation sites excluding steroid dienone is 1. The van der Waals surface area contributed by atoms with E-state index in [0.29, 0.717) is 5.02 Å². The van der Waals surface area contributed by atoms with E-state index >= 15 is 0 Å². The fourth-order valence-electron chi connectivity index (χ4n) is 1.70. The zero-order valence-corrected chi connectivity index (χ0v) is 13.1. The molecular formula is C15H10ClNO5S. The molecule has 0 radical (unpaired) electrons. The molecule has 0 atom stereocenters. The highest BCUT2D eigenvalue weighted by atomic mass is 35.5. The number of carbonyl (C=O) groups is 1. The summed E-state index contributed by atoms with van der Waals surface area (Å²) in [6.45, 7) is 0. The van der Waals surface area contributed by atoms with Gasteiger partial charge in [-0.3, -0.25) is 14.9 Å². The van der Waals surface area contributed by atoms with Gasteiger partial charge in [0.25, 0.3) is 5.69 Å². The molecule has 6 nitrogen and oxygen atoms in total. The number of rotatable bonds is 5. The van der Waals surface area contributed by atoms with Gasteiger partial charge in [-0.15, -0.1) is 0 Å². The summed E-state index contributed by atoms with van der Waals surface area (Å²) in [4.78, 5) is 21.9. The molecule has 0 unspecified atom stereocenters. The molecule has 2 aromatic rings. The standard InChI is InChI=1S/C15H10ClNO5S/c16-12-3-7-14(8-4-12)23(21,22)10-9-15(18)11-1-5-13(6-2-11)17(19)20/h1-10H/b10-9+. The Balaban J connectivity index is 2.19. The van der Waals surface area contributed by atoms with Crippen LogP contribution in [0.3, 0.4) is 0 Å². The molecule has 0 N–H and O–H groups in total. The maximum Gasteiger partial charge on any atom is 0.269 e. The Morgan fingerprint density at radius 1 is 1.04 bits per heavy atom. The highest BCUT2D eigenvalue weighted by Crippen LogP contribution is 2.17. The molecule has 0 saturated heterocycles. The Labute approximate surface area is 137 Å². The van der Waals surface area contributed by atoms with E-state index in [-0.39, 0.29) is 16.1 Å². The lowest BCUT2D eigenvalue weighted by atomic mass is 10.1. The van der Waals surface area contributed by atoms with E-state index in [1.54, 1.807) is 0 Å². The van der Waals surface area contributed by atoms with Gasteiger partial charge >= 0.3 is 0 Å². The molecule has 0 spiro atoms. The molecule has 0 aliphatic rings. The van der Waals surface area contributed by atoms with Gasteiger partial charge in [0.05, 0.1) is 9.82 Å². The quantitative estimate of drug-likeness (QED) is 0.356. The monoisotopic (exact) mass is 351 g/mol. The van der Waals surface area contributed by atoms with Crippen molar-refractivity contribution in [3.8, 4) is 0 Å². The first-order chi connectivity index (χ1) is 10.8. The summed E-state index contributed by atoms with van der Waals surface area (Å²) in [5, 5.41) is 11.7. The van der Waals surface area contributed by atoms with Gasteiger partial charge in [0.2, 0.25) is 0 Å². The summed E-state index contributed by atoms with van der Waals surface area (Å²) < 4.78 is 24.1. The second-order valence-corrected chi connectivity index (χ2v) is 6.74. The summed E-state index contributed by atoms with van der Waals surface area (Å²) in [6, 6.07) is 10.4. The van der Waals surface area contributed by atoms with Gasteiger partial charge in [0.15, 0.2) is 15.6 Å². The predicted octanol–water partition coefficient (Wildman–Crippen LogP) is 3.42. The molecule has 0 saturated carbocycles. The molecule has 0 aliphatic carbocycles. The van der Waals surface area contributed by atoms with Crippen molar-refractivity contribution in [2.24, 2.45) is 0 Å². The number of nitro groups is 1. The van der Waals surface area contributed by atoms with E-state index in [1.165, 1.54) is 48.5 Å². The number of sulfone groups is 1. The fourth-order valence-corrected chi connectivity index (χ4v) is 2.80. The molecule has 0 bridgehead atoms. The number of halogens is 1. The number of nitrogens with zero attached hydrogens (tertiary/aromatic N) is 1. The largest absolute Gasteiger partial charge is 0.289 e. The van der Waals surface area contributed by atoms with Gasteiger partial charge < -0.3 is 0 Å². The van der Waals surface area contributed by atoms with E-state index in [1.807, 2.05) is 0 Å². The predicted molar refractivity (Wildman–Crippen MR) is 85.2 cm³/mol. The number of non-ortho nitro benzene ring substituents is 1. The average Bonchev–Trinajstić information content (AvgIpc) is 2.53. The summed E-state index contributed by atoms with van der Waals surface area (Å²) in [5.41, 5.74) is -0.00234. The number of benzene rings is 2. The molecule has 23 heavy (non-hydrogen) atoms. The van der Waals surface area contributed by atoms with Gasteiger partial charge in [-0.2, -0.15) is 0 Å². The van der Waals surface area contributed by atoms with Crippen molar-refractivity contribution in [1.29, 1.82) is 0 Å². The van der Waals surface area contributed by atoms with E-state index in [0.717, 1.165) is 11.5 Å². The molecule has 0 aromatic heterocycles. The van der Waals surface area contributed by atoms with Crippen LogP contribution in [0.2, 0.25) is 5.02 Å². The lowest BCUT2D eigenvalue weighted by Gasteiger charge is -1.99. The smallest absolute Gasteiger partial charge is 0.269 e. The summed E-state index contributed by atoms with van der Waals surface area (Å²) in [7, 11) is -3.77. The Morgan fingerprint density at radius 2 is 1.61 bits per heavy atom. The summed E-state index contributed by atoms with van der Waals surface area (Å²) in [5.74, 6) is -0.572. The van der Waals surface area contributed by atoms with Crippen molar-refractivity contribution < 1.29 is 18.1 Å². The van der Waals surface area contributed by atoms with E-state index in [9.17, 15) is 23.3 Å². The molecule has 0 amide bonds. The lowest BCUT2D eigenvalue weighted by Crippen LogP contribution is -2.00. The number of hydrogen-bond donors (Lipinski definition) is 0. The Kier molecular flexibility index (Phi) is 4.92. The van der Waals surface area contributed by atoms with E-state index < -0.39 is 20.5 Å². The fraction of sp³-hybridized carbons (Fsp3) is 0. The zero-order valence-electron chi connectivity index (χ0n) is 11.5. The van der Waals surface area contributed by atoms with Gasteiger partial charge in [0, 0.05) is 28.1 Å². The van der Waals surface area contributed by atoms with Crippen LogP contribution in [0, 0.1) is 10.1 Å². The van der Waals surface area contributed by atoms with Crippen molar-refractivity contribution in [2.45, 2.75) is 4.90 Å². The van der Waals surface area contributed by atoms with Crippen molar-refractivity contribution in [3.63, 3.8) is 0 Å². The molecule has 118 valence electrons. The van der Waals surface area contributed by atoms with E-state index in [4.69, 9.17) is 11.6 Å². The van der Waals surface area contributed by atoms with Gasteiger partial charge in [-0.25, -0.2) is 8.42 Å². The highest BCUT2D eigenvalue weighted by molar-refractivity contribution is 7.94. The second-order valence-electron chi connectivity index (χ2n) is 4.47. The summed E-state index contributed by atoms with van der Waals surface area (Å²) >= 11 is 5.69. The first-order valence-corrected chi connectivity index (χ1v) is 8.19. The van der Waals surface area contributed by atoms with Crippen LogP contribution in [0.25, 0.3) is 0 Å². The zero-order chi connectivity index (χ0) is 17.0. The van der Waals surface area contributed by atoms with Gasteiger partial charge in [-0.1, -0.05) is 11.6 Å². The van der Waals surface area contributed by atoms with Crippen molar-refractivity contribution in [1.82, 2.24) is 0 Å². The molecule has 8 heteroatoms. The van der Waals surface area contributed by atoms with Crippen LogP contribution in [0.1, 0.15) is 10.4 Å². The van der Waals surface area contributed by atoms with Crippen LogP contribution in [-0.4, -0.2) is 19.1 Å². The summed E-state index contributed by atoms with van der Waals surface area (Å²) in [6.07, 6.45) is 0.908. The lowest BCUT2D eigenvalue weighted by molar-refractivity contribution is -0.384. The SMILES string of the molecule is O=C(/C=C/S(=O)(=O)c1ccc(Cl)cc1)c1ccc([N+](=O)[O-])cc1. The van der Waals surface area contributed by atoms with Crippen LogP contribution in [0.4, 0.5) is 5.69 Å². The van der Waals surface area contributed by atoms with Crippen molar-refractivity contribution in [3.05, 3.63) is 80.7 Å². The van der Waals surface area contributed by atoms with E-state index in [2.05, 4.69) is 0 Å². The normalized spacial score (nSPS) is 11.5. The average molecular weight is 352 g/mol. The minimum atomic E-state index is -3.77. The number of nitro benzene ring substituents is 1. The van der Waals surface area contributed by atoms with Gasteiger partial charge in [-0.05, 0) is 42.5 Å². The third-order valence-corrected chi connectivity index (χ3v) is 4.58.